The molecule has 3 N–H and O–H groups in total. The number of amides is 1. The Bertz CT molecular complexity index is 1290. The summed E-state index contributed by atoms with van der Waals surface area (Å²) < 4.78 is 5.49. The highest BCUT2D eigenvalue weighted by molar-refractivity contribution is 5.76. The van der Waals surface area contributed by atoms with Crippen LogP contribution in [0.3, 0.4) is 0 Å². The van der Waals surface area contributed by atoms with Crippen LogP contribution in [-0.2, 0) is 14.3 Å². The van der Waals surface area contributed by atoms with Crippen LogP contribution in [0.2, 0.25) is 0 Å². The fourth-order valence-corrected chi connectivity index (χ4v) is 10.5. The monoisotopic (exact) mass is 1080 g/mol. The van der Waals surface area contributed by atoms with Gasteiger partial charge < -0.3 is 20.3 Å². The average molecular weight is 1080 g/mol. The molecular formula is C71H133NO5. The molecule has 0 aliphatic carbocycles. The van der Waals surface area contributed by atoms with Gasteiger partial charge >= 0.3 is 5.97 Å². The zero-order chi connectivity index (χ0) is 55.7. The van der Waals surface area contributed by atoms with Gasteiger partial charge in [0.1, 0.15) is 0 Å². The molecule has 6 heteroatoms. The van der Waals surface area contributed by atoms with Gasteiger partial charge in [-0.3, -0.25) is 9.59 Å². The summed E-state index contributed by atoms with van der Waals surface area (Å²) in [6.07, 6.45) is 86.0. The summed E-state index contributed by atoms with van der Waals surface area (Å²) in [6, 6.07) is -0.637. The van der Waals surface area contributed by atoms with Gasteiger partial charge in [0, 0.05) is 12.8 Å². The summed E-state index contributed by atoms with van der Waals surface area (Å²) in [7, 11) is 0. The highest BCUT2D eigenvalue weighted by atomic mass is 16.5. The van der Waals surface area contributed by atoms with E-state index in [0.29, 0.717) is 19.4 Å². The topological polar surface area (TPSA) is 95.9 Å². The van der Waals surface area contributed by atoms with Crippen LogP contribution in [-0.4, -0.2) is 47.4 Å². The Morgan fingerprint density at radius 3 is 1.03 bits per heavy atom. The van der Waals surface area contributed by atoms with Gasteiger partial charge in [-0.25, -0.2) is 0 Å². The fourth-order valence-electron chi connectivity index (χ4n) is 10.5. The van der Waals surface area contributed by atoms with Crippen molar-refractivity contribution in [1.82, 2.24) is 5.32 Å². The Morgan fingerprint density at radius 1 is 0.364 bits per heavy atom. The number of allylic oxidation sites excluding steroid dienone is 7. The standard InChI is InChI=1S/C71H133NO5/c1-3-5-7-9-11-13-15-17-19-21-22-23-24-25-28-32-35-39-43-47-51-55-59-63-69(74)68(67-73)72-70(75)64-60-56-52-48-44-40-36-33-29-26-27-30-34-38-42-46-50-54-58-62-66-77-71(76)65-61-57-53-49-45-41-37-31-20-18-16-14-12-10-8-6-4-2/h12,14,18,20,26,29,59,63,68-69,73-74H,3-11,13,15-17,19,21-25,27-28,30-58,60-62,64-67H2,1-2H3,(H,72,75)/b14-12-,20-18-,29-26-,63-59+. The molecule has 0 fully saturated rings. The van der Waals surface area contributed by atoms with E-state index in [-0.39, 0.29) is 18.5 Å². The van der Waals surface area contributed by atoms with Crippen molar-refractivity contribution in [2.45, 2.75) is 379 Å². The quantitative estimate of drug-likeness (QED) is 0.0320. The highest BCUT2D eigenvalue weighted by Crippen LogP contribution is 2.18. The van der Waals surface area contributed by atoms with Crippen molar-refractivity contribution in [2.75, 3.05) is 13.2 Å². The molecule has 0 aliphatic heterocycles. The molecule has 6 nitrogen and oxygen atoms in total. The Balaban J connectivity index is 3.46. The molecule has 0 aromatic carbocycles. The Labute approximate surface area is 480 Å². The van der Waals surface area contributed by atoms with E-state index in [1.165, 1.54) is 283 Å². The third kappa shape index (κ3) is 62.9. The molecule has 0 spiro atoms. The van der Waals surface area contributed by atoms with Crippen LogP contribution < -0.4 is 5.32 Å². The highest BCUT2D eigenvalue weighted by Gasteiger charge is 2.18. The summed E-state index contributed by atoms with van der Waals surface area (Å²) in [6.45, 7) is 4.89. The maximum Gasteiger partial charge on any atom is 0.305 e. The van der Waals surface area contributed by atoms with Crippen molar-refractivity contribution in [3.05, 3.63) is 48.6 Å². The molecule has 0 radical (unpaired) electrons. The van der Waals surface area contributed by atoms with E-state index < -0.39 is 12.1 Å². The molecule has 2 unspecified atom stereocenters. The number of ether oxygens (including phenoxy) is 1. The third-order valence-electron chi connectivity index (χ3n) is 15.8. The van der Waals surface area contributed by atoms with Gasteiger partial charge in [-0.15, -0.1) is 0 Å². The van der Waals surface area contributed by atoms with Gasteiger partial charge in [-0.2, -0.15) is 0 Å². The molecule has 77 heavy (non-hydrogen) atoms. The maximum atomic E-state index is 12.5. The smallest absolute Gasteiger partial charge is 0.305 e. The fraction of sp³-hybridized carbons (Fsp3) is 0.859. The first-order valence-electron chi connectivity index (χ1n) is 34.4. The number of aliphatic hydroxyl groups excluding tert-OH is 2. The minimum Gasteiger partial charge on any atom is -0.466 e. The third-order valence-corrected chi connectivity index (χ3v) is 15.8. The second-order valence-electron chi connectivity index (χ2n) is 23.5. The summed E-state index contributed by atoms with van der Waals surface area (Å²) in [5.74, 6) is -0.0758. The minimum absolute atomic E-state index is 0.00195. The number of hydrogen-bond acceptors (Lipinski definition) is 5. The zero-order valence-electron chi connectivity index (χ0n) is 51.7. The van der Waals surface area contributed by atoms with Crippen molar-refractivity contribution < 1.29 is 24.5 Å². The normalized spacial score (nSPS) is 12.8. The van der Waals surface area contributed by atoms with Crippen molar-refractivity contribution in [3.63, 3.8) is 0 Å². The van der Waals surface area contributed by atoms with Gasteiger partial charge in [-0.05, 0) is 89.9 Å². The molecule has 0 heterocycles. The lowest BCUT2D eigenvalue weighted by molar-refractivity contribution is -0.143. The van der Waals surface area contributed by atoms with Gasteiger partial charge in [0.25, 0.3) is 0 Å². The van der Waals surface area contributed by atoms with E-state index in [4.69, 9.17) is 4.74 Å². The molecule has 2 atom stereocenters. The molecule has 0 saturated heterocycles. The summed E-state index contributed by atoms with van der Waals surface area (Å²) in [4.78, 5) is 24.6. The molecule has 0 aromatic heterocycles. The largest absolute Gasteiger partial charge is 0.466 e. The van der Waals surface area contributed by atoms with Crippen LogP contribution >= 0.6 is 0 Å². The van der Waals surface area contributed by atoms with Crippen LogP contribution in [0, 0.1) is 0 Å². The van der Waals surface area contributed by atoms with Crippen LogP contribution in [0.4, 0.5) is 0 Å². The number of unbranched alkanes of at least 4 members (excludes halogenated alkanes) is 47. The molecule has 0 aliphatic rings. The van der Waals surface area contributed by atoms with Gasteiger partial charge in [0.15, 0.2) is 0 Å². The maximum absolute atomic E-state index is 12.5. The number of rotatable bonds is 64. The minimum atomic E-state index is -0.852. The molecule has 0 aromatic rings. The average Bonchev–Trinajstić information content (AvgIpc) is 3.43. The predicted molar refractivity (Wildman–Crippen MR) is 338 cm³/mol. The summed E-state index contributed by atoms with van der Waals surface area (Å²) >= 11 is 0. The summed E-state index contributed by atoms with van der Waals surface area (Å²) in [5, 5.41) is 23.2. The van der Waals surface area contributed by atoms with Crippen LogP contribution in [0.1, 0.15) is 367 Å². The zero-order valence-corrected chi connectivity index (χ0v) is 51.7. The lowest BCUT2D eigenvalue weighted by Crippen LogP contribution is -2.45. The van der Waals surface area contributed by atoms with E-state index in [9.17, 15) is 19.8 Å². The van der Waals surface area contributed by atoms with E-state index >= 15 is 0 Å². The predicted octanol–water partition coefficient (Wildman–Crippen LogP) is 22.1. The van der Waals surface area contributed by atoms with Gasteiger partial charge in [-0.1, -0.05) is 313 Å². The molecule has 0 saturated carbocycles. The van der Waals surface area contributed by atoms with E-state index in [2.05, 4.69) is 55.6 Å². The summed E-state index contributed by atoms with van der Waals surface area (Å²) in [5.41, 5.74) is 0. The molecular weight excluding hydrogens is 947 g/mol. The first-order chi connectivity index (χ1) is 38.0. The van der Waals surface area contributed by atoms with E-state index in [1.807, 2.05) is 6.08 Å². The van der Waals surface area contributed by atoms with Crippen molar-refractivity contribution >= 4 is 11.9 Å². The van der Waals surface area contributed by atoms with Gasteiger partial charge in [0.05, 0.1) is 25.4 Å². The van der Waals surface area contributed by atoms with Crippen LogP contribution in [0.25, 0.3) is 0 Å². The van der Waals surface area contributed by atoms with Crippen molar-refractivity contribution in [1.29, 1.82) is 0 Å². The lowest BCUT2D eigenvalue weighted by Gasteiger charge is -2.20. The number of nitrogens with one attached hydrogen (secondary N) is 1. The van der Waals surface area contributed by atoms with Gasteiger partial charge in [0.2, 0.25) is 5.91 Å². The molecule has 1 amide bonds. The Morgan fingerprint density at radius 2 is 0.649 bits per heavy atom. The number of hydrogen-bond donors (Lipinski definition) is 3. The van der Waals surface area contributed by atoms with Crippen molar-refractivity contribution in [3.8, 4) is 0 Å². The number of carbonyl (C=O) groups excluding carboxylic acids is 2. The SMILES string of the molecule is CCCCC/C=C\C/C=C\CCCCCCCCCC(=O)OCCCCCCCCCCC/C=C\CCCCCCCCCC(=O)NC(CO)C(O)/C=C/CCCCCCCCCCCCCCCCCCCCCCC. The number of carbonyl (C=O) groups is 2. The van der Waals surface area contributed by atoms with E-state index in [0.717, 1.165) is 57.8 Å². The number of aliphatic hydroxyl groups is 2. The van der Waals surface area contributed by atoms with Crippen molar-refractivity contribution in [2.24, 2.45) is 0 Å². The molecule has 452 valence electrons. The van der Waals surface area contributed by atoms with Crippen LogP contribution in [0.5, 0.6) is 0 Å². The second kappa shape index (κ2) is 66.3. The Hall–Kier alpha value is -2.18. The Kier molecular flexibility index (Phi) is 64.5. The molecule has 0 rings (SSSR count). The second-order valence-corrected chi connectivity index (χ2v) is 23.5. The first kappa shape index (κ1) is 74.8. The first-order valence-corrected chi connectivity index (χ1v) is 34.4. The van der Waals surface area contributed by atoms with E-state index in [1.54, 1.807) is 6.08 Å². The van der Waals surface area contributed by atoms with Crippen LogP contribution in [0.15, 0.2) is 48.6 Å². The molecule has 0 bridgehead atoms. The number of esters is 1. The lowest BCUT2D eigenvalue weighted by atomic mass is 10.0.